The monoisotopic (exact) mass is 216 g/mol. The highest BCUT2D eigenvalue weighted by atomic mass is 16.7. The number of carbonyl (C=O) groups excluding carboxylic acids is 1. The number of hydrogen-bond acceptors (Lipinski definition) is 4. The quantitative estimate of drug-likeness (QED) is 0.520. The molecule has 0 bridgehead atoms. The van der Waals surface area contributed by atoms with Gasteiger partial charge in [-0.3, -0.25) is 4.79 Å². The number of rotatable bonds is 5. The van der Waals surface area contributed by atoms with Crippen LogP contribution in [0.2, 0.25) is 0 Å². The molecule has 0 radical (unpaired) electrons. The predicted octanol–water partition coefficient (Wildman–Crippen LogP) is 1.87. The third-order valence-corrected chi connectivity index (χ3v) is 2.56. The Morgan fingerprint density at radius 3 is 2.93 bits per heavy atom. The van der Waals surface area contributed by atoms with Crippen LogP contribution in [-0.4, -0.2) is 32.1 Å². The van der Waals surface area contributed by atoms with Gasteiger partial charge in [-0.05, 0) is 26.2 Å². The minimum absolute atomic E-state index is 0.0793. The van der Waals surface area contributed by atoms with Crippen molar-refractivity contribution in [3.8, 4) is 0 Å². The Bertz CT molecular complexity index is 193. The van der Waals surface area contributed by atoms with Gasteiger partial charge in [-0.25, -0.2) is 0 Å². The molecule has 0 amide bonds. The summed E-state index contributed by atoms with van der Waals surface area (Å²) in [5.74, 6) is -0.128. The van der Waals surface area contributed by atoms with Gasteiger partial charge in [0.05, 0.1) is 19.8 Å². The lowest BCUT2D eigenvalue weighted by Gasteiger charge is -2.27. The van der Waals surface area contributed by atoms with Crippen LogP contribution in [0.4, 0.5) is 0 Å². The SMILES string of the molecule is COC(=O)CCCC[C@H]1CCOC(C)O1. The van der Waals surface area contributed by atoms with Crippen LogP contribution >= 0.6 is 0 Å². The Labute approximate surface area is 90.9 Å². The Balaban J connectivity index is 2.02. The molecule has 1 aliphatic heterocycles. The molecule has 1 saturated heterocycles. The molecule has 1 rings (SSSR count). The van der Waals surface area contributed by atoms with Crippen molar-refractivity contribution >= 4 is 5.97 Å². The van der Waals surface area contributed by atoms with Crippen LogP contribution in [0.25, 0.3) is 0 Å². The molecule has 1 heterocycles. The van der Waals surface area contributed by atoms with Gasteiger partial charge in [-0.15, -0.1) is 0 Å². The molecule has 2 atom stereocenters. The standard InChI is InChI=1S/C11H20O4/c1-9-14-8-7-10(15-9)5-3-4-6-11(12)13-2/h9-10H,3-8H2,1-2H3/t9?,10-/m0/s1. The van der Waals surface area contributed by atoms with Crippen molar-refractivity contribution in [1.82, 2.24) is 0 Å². The summed E-state index contributed by atoms with van der Waals surface area (Å²) in [6.45, 7) is 2.70. The Morgan fingerprint density at radius 1 is 1.47 bits per heavy atom. The summed E-state index contributed by atoms with van der Waals surface area (Å²) in [7, 11) is 1.42. The zero-order valence-corrected chi connectivity index (χ0v) is 9.53. The molecular weight excluding hydrogens is 196 g/mol. The lowest BCUT2D eigenvalue weighted by molar-refractivity contribution is -0.203. The molecule has 15 heavy (non-hydrogen) atoms. The zero-order chi connectivity index (χ0) is 11.1. The highest BCUT2D eigenvalue weighted by Crippen LogP contribution is 2.17. The van der Waals surface area contributed by atoms with Gasteiger partial charge in [0.2, 0.25) is 0 Å². The second-order valence-electron chi connectivity index (χ2n) is 3.81. The van der Waals surface area contributed by atoms with Crippen molar-refractivity contribution in [2.45, 2.75) is 51.4 Å². The minimum Gasteiger partial charge on any atom is -0.469 e. The van der Waals surface area contributed by atoms with E-state index in [-0.39, 0.29) is 12.3 Å². The van der Waals surface area contributed by atoms with E-state index in [1.807, 2.05) is 6.92 Å². The van der Waals surface area contributed by atoms with Gasteiger partial charge in [0, 0.05) is 6.42 Å². The maximum atomic E-state index is 10.8. The van der Waals surface area contributed by atoms with E-state index in [0.29, 0.717) is 12.5 Å². The predicted molar refractivity (Wildman–Crippen MR) is 55.4 cm³/mol. The second-order valence-corrected chi connectivity index (χ2v) is 3.81. The van der Waals surface area contributed by atoms with Crippen LogP contribution in [0.15, 0.2) is 0 Å². The first-order valence-electron chi connectivity index (χ1n) is 5.56. The molecule has 0 aliphatic carbocycles. The van der Waals surface area contributed by atoms with Gasteiger partial charge >= 0.3 is 5.97 Å². The van der Waals surface area contributed by atoms with Gasteiger partial charge in [0.25, 0.3) is 0 Å². The van der Waals surface area contributed by atoms with Gasteiger partial charge < -0.3 is 14.2 Å². The molecule has 0 aromatic rings. The van der Waals surface area contributed by atoms with Crippen LogP contribution in [0.3, 0.4) is 0 Å². The summed E-state index contributed by atoms with van der Waals surface area (Å²) in [4.78, 5) is 10.8. The highest BCUT2D eigenvalue weighted by molar-refractivity contribution is 5.68. The highest BCUT2D eigenvalue weighted by Gasteiger charge is 2.18. The molecule has 88 valence electrons. The van der Waals surface area contributed by atoms with Crippen molar-refractivity contribution in [3.63, 3.8) is 0 Å². The van der Waals surface area contributed by atoms with Gasteiger partial charge in [0.15, 0.2) is 6.29 Å². The number of methoxy groups -OCH3 is 1. The Kier molecular flexibility index (Phi) is 5.65. The van der Waals surface area contributed by atoms with Crippen molar-refractivity contribution < 1.29 is 19.0 Å². The number of unbranched alkanes of at least 4 members (excludes halogenated alkanes) is 1. The average molecular weight is 216 g/mol. The van der Waals surface area contributed by atoms with Crippen molar-refractivity contribution in [3.05, 3.63) is 0 Å². The summed E-state index contributed by atoms with van der Waals surface area (Å²) in [6, 6.07) is 0. The van der Waals surface area contributed by atoms with Crippen molar-refractivity contribution in [2.75, 3.05) is 13.7 Å². The van der Waals surface area contributed by atoms with Crippen molar-refractivity contribution in [2.24, 2.45) is 0 Å². The van der Waals surface area contributed by atoms with E-state index in [4.69, 9.17) is 9.47 Å². The molecular formula is C11H20O4. The third kappa shape index (κ3) is 5.14. The lowest BCUT2D eigenvalue weighted by Crippen LogP contribution is -2.30. The van der Waals surface area contributed by atoms with E-state index in [1.54, 1.807) is 0 Å². The molecule has 1 fully saturated rings. The molecule has 0 aromatic heterocycles. The fourth-order valence-corrected chi connectivity index (χ4v) is 1.70. The average Bonchev–Trinajstić information content (AvgIpc) is 2.24. The fraction of sp³-hybridized carbons (Fsp3) is 0.909. The van der Waals surface area contributed by atoms with Crippen LogP contribution in [0, 0.1) is 0 Å². The van der Waals surface area contributed by atoms with E-state index in [1.165, 1.54) is 7.11 Å². The molecule has 0 N–H and O–H groups in total. The summed E-state index contributed by atoms with van der Waals surface area (Å²) in [5, 5.41) is 0. The van der Waals surface area contributed by atoms with Crippen LogP contribution < -0.4 is 0 Å². The number of ether oxygens (including phenoxy) is 3. The molecule has 4 heteroatoms. The first-order chi connectivity index (χ1) is 7.22. The van der Waals surface area contributed by atoms with E-state index in [9.17, 15) is 4.79 Å². The van der Waals surface area contributed by atoms with Crippen LogP contribution in [-0.2, 0) is 19.0 Å². The van der Waals surface area contributed by atoms with E-state index >= 15 is 0 Å². The first-order valence-corrected chi connectivity index (χ1v) is 5.56. The smallest absolute Gasteiger partial charge is 0.305 e. The zero-order valence-electron chi connectivity index (χ0n) is 9.53. The summed E-state index contributed by atoms with van der Waals surface area (Å²) in [6.07, 6.45) is 4.58. The summed E-state index contributed by atoms with van der Waals surface area (Å²) >= 11 is 0. The lowest BCUT2D eigenvalue weighted by atomic mass is 10.1. The number of carbonyl (C=O) groups is 1. The number of esters is 1. The third-order valence-electron chi connectivity index (χ3n) is 2.56. The van der Waals surface area contributed by atoms with Crippen molar-refractivity contribution in [1.29, 1.82) is 0 Å². The fourth-order valence-electron chi connectivity index (χ4n) is 1.70. The van der Waals surface area contributed by atoms with Crippen LogP contribution in [0.5, 0.6) is 0 Å². The maximum Gasteiger partial charge on any atom is 0.305 e. The molecule has 0 aromatic carbocycles. The maximum absolute atomic E-state index is 10.8. The molecule has 1 aliphatic rings. The van der Waals surface area contributed by atoms with E-state index in [2.05, 4.69) is 4.74 Å². The van der Waals surface area contributed by atoms with Gasteiger partial charge in [-0.2, -0.15) is 0 Å². The topological polar surface area (TPSA) is 44.8 Å². The molecule has 4 nitrogen and oxygen atoms in total. The number of hydrogen-bond donors (Lipinski definition) is 0. The van der Waals surface area contributed by atoms with Gasteiger partial charge in [-0.1, -0.05) is 6.42 Å². The Hall–Kier alpha value is -0.610. The largest absolute Gasteiger partial charge is 0.469 e. The molecule has 0 saturated carbocycles. The van der Waals surface area contributed by atoms with Crippen LogP contribution in [0.1, 0.15) is 39.0 Å². The minimum atomic E-state index is -0.128. The molecule has 1 unspecified atom stereocenters. The van der Waals surface area contributed by atoms with E-state index < -0.39 is 0 Å². The summed E-state index contributed by atoms with van der Waals surface area (Å²) in [5.41, 5.74) is 0. The molecule has 0 spiro atoms. The second kappa shape index (κ2) is 6.80. The first kappa shape index (κ1) is 12.5. The van der Waals surface area contributed by atoms with E-state index in [0.717, 1.165) is 32.3 Å². The normalized spacial score (nSPS) is 26.3. The Morgan fingerprint density at radius 2 is 2.27 bits per heavy atom. The van der Waals surface area contributed by atoms with Gasteiger partial charge in [0.1, 0.15) is 0 Å². The summed E-state index contributed by atoms with van der Waals surface area (Å²) < 4.78 is 15.4.